The molecule has 2 rings (SSSR count). The lowest BCUT2D eigenvalue weighted by Crippen LogP contribution is -2.56. The van der Waals surface area contributed by atoms with E-state index in [1.165, 1.54) is 5.56 Å². The van der Waals surface area contributed by atoms with Gasteiger partial charge in [0.05, 0.1) is 11.6 Å². The normalized spacial score (nSPS) is 21.6. The summed E-state index contributed by atoms with van der Waals surface area (Å²) >= 11 is 0. The van der Waals surface area contributed by atoms with Crippen molar-refractivity contribution in [1.29, 1.82) is 0 Å². The molecule has 1 aliphatic rings. The average Bonchev–Trinajstić information content (AvgIpc) is 2.41. The first-order valence-electron chi connectivity index (χ1n) is 7.13. The molecule has 1 atom stereocenters. The van der Waals surface area contributed by atoms with Crippen molar-refractivity contribution in [2.24, 2.45) is 0 Å². The van der Waals surface area contributed by atoms with Gasteiger partial charge in [-0.2, -0.15) is 0 Å². The van der Waals surface area contributed by atoms with Gasteiger partial charge in [0.25, 0.3) is 0 Å². The van der Waals surface area contributed by atoms with Crippen molar-refractivity contribution in [2.45, 2.75) is 45.2 Å². The fourth-order valence-corrected chi connectivity index (χ4v) is 2.63. The van der Waals surface area contributed by atoms with Gasteiger partial charge in [-0.15, -0.1) is 0 Å². The van der Waals surface area contributed by atoms with Crippen molar-refractivity contribution in [3.05, 3.63) is 35.9 Å². The standard InChI is InChI=1S/C16H24N2O/c1-13(14-9-5-4-6-10-14)18-12-8-7-11-17-16(2,3)15(18)19/h4-6,9-10,13,17H,7-8,11-12H2,1-3H3. The summed E-state index contributed by atoms with van der Waals surface area (Å²) in [6.07, 6.45) is 2.18. The van der Waals surface area contributed by atoms with Crippen molar-refractivity contribution >= 4 is 5.91 Å². The summed E-state index contributed by atoms with van der Waals surface area (Å²) in [5, 5.41) is 3.36. The van der Waals surface area contributed by atoms with Crippen LogP contribution in [0.3, 0.4) is 0 Å². The first-order chi connectivity index (χ1) is 9.02. The second-order valence-electron chi connectivity index (χ2n) is 5.84. The first kappa shape index (κ1) is 14.1. The van der Waals surface area contributed by atoms with Crippen LogP contribution in [0.1, 0.15) is 45.2 Å². The SMILES string of the molecule is CC(c1ccccc1)N1CCCCNC(C)(C)C1=O. The Morgan fingerprint density at radius 2 is 1.89 bits per heavy atom. The fourth-order valence-electron chi connectivity index (χ4n) is 2.63. The van der Waals surface area contributed by atoms with E-state index in [1.807, 2.05) is 36.9 Å². The molecule has 3 heteroatoms. The molecule has 1 aromatic rings. The molecule has 3 nitrogen and oxygen atoms in total. The van der Waals surface area contributed by atoms with Crippen LogP contribution in [0.5, 0.6) is 0 Å². The molecular weight excluding hydrogens is 236 g/mol. The Morgan fingerprint density at radius 3 is 2.58 bits per heavy atom. The molecule has 0 aromatic heterocycles. The van der Waals surface area contributed by atoms with E-state index in [2.05, 4.69) is 24.4 Å². The summed E-state index contributed by atoms with van der Waals surface area (Å²) in [6, 6.07) is 10.4. The van der Waals surface area contributed by atoms with E-state index in [4.69, 9.17) is 0 Å². The summed E-state index contributed by atoms with van der Waals surface area (Å²) in [5.41, 5.74) is 0.732. The molecule has 0 saturated carbocycles. The number of hydrogen-bond donors (Lipinski definition) is 1. The van der Waals surface area contributed by atoms with Crippen LogP contribution in [0, 0.1) is 0 Å². The van der Waals surface area contributed by atoms with Gasteiger partial charge < -0.3 is 10.2 Å². The lowest BCUT2D eigenvalue weighted by molar-refractivity contribution is -0.140. The van der Waals surface area contributed by atoms with Crippen LogP contribution in [0.25, 0.3) is 0 Å². The largest absolute Gasteiger partial charge is 0.334 e. The number of hydrogen-bond acceptors (Lipinski definition) is 2. The third kappa shape index (κ3) is 3.16. The maximum absolute atomic E-state index is 12.7. The number of benzene rings is 1. The van der Waals surface area contributed by atoms with Crippen LogP contribution in [0.2, 0.25) is 0 Å². The Morgan fingerprint density at radius 1 is 1.21 bits per heavy atom. The highest BCUT2D eigenvalue weighted by Gasteiger charge is 2.34. The maximum Gasteiger partial charge on any atom is 0.242 e. The van der Waals surface area contributed by atoms with Crippen molar-refractivity contribution in [2.75, 3.05) is 13.1 Å². The highest BCUT2D eigenvalue weighted by molar-refractivity contribution is 5.86. The predicted molar refractivity (Wildman–Crippen MR) is 77.9 cm³/mol. The molecular formula is C16H24N2O. The average molecular weight is 260 g/mol. The molecule has 19 heavy (non-hydrogen) atoms. The molecule has 0 radical (unpaired) electrons. The molecule has 1 aromatic carbocycles. The van der Waals surface area contributed by atoms with Gasteiger partial charge >= 0.3 is 0 Å². The molecule has 1 saturated heterocycles. The van der Waals surface area contributed by atoms with Crippen LogP contribution in [0.4, 0.5) is 0 Å². The summed E-state index contributed by atoms with van der Waals surface area (Å²) < 4.78 is 0. The number of rotatable bonds is 2. The fraction of sp³-hybridized carbons (Fsp3) is 0.562. The van der Waals surface area contributed by atoms with Crippen LogP contribution in [0.15, 0.2) is 30.3 Å². The van der Waals surface area contributed by atoms with E-state index in [0.29, 0.717) is 0 Å². The van der Waals surface area contributed by atoms with Gasteiger partial charge in [-0.1, -0.05) is 30.3 Å². The lowest BCUT2D eigenvalue weighted by atomic mass is 9.97. The van der Waals surface area contributed by atoms with Crippen LogP contribution >= 0.6 is 0 Å². The zero-order chi connectivity index (χ0) is 13.9. The molecule has 104 valence electrons. The summed E-state index contributed by atoms with van der Waals surface area (Å²) in [7, 11) is 0. The third-order valence-corrected chi connectivity index (χ3v) is 3.94. The number of nitrogens with one attached hydrogen (secondary N) is 1. The molecule has 1 amide bonds. The highest BCUT2D eigenvalue weighted by Crippen LogP contribution is 2.24. The monoisotopic (exact) mass is 260 g/mol. The molecule has 1 unspecified atom stereocenters. The van der Waals surface area contributed by atoms with Crippen LogP contribution in [-0.4, -0.2) is 29.4 Å². The van der Waals surface area contributed by atoms with Gasteiger partial charge in [-0.3, -0.25) is 4.79 Å². The van der Waals surface area contributed by atoms with E-state index in [0.717, 1.165) is 25.9 Å². The Hall–Kier alpha value is -1.35. The Labute approximate surface area is 116 Å². The number of carbonyl (C=O) groups excluding carboxylic acids is 1. The minimum absolute atomic E-state index is 0.132. The third-order valence-electron chi connectivity index (χ3n) is 3.94. The smallest absolute Gasteiger partial charge is 0.242 e. The quantitative estimate of drug-likeness (QED) is 0.886. The van der Waals surface area contributed by atoms with Gasteiger partial charge in [0, 0.05) is 6.54 Å². The molecule has 0 spiro atoms. The molecule has 0 bridgehead atoms. The minimum Gasteiger partial charge on any atom is -0.334 e. The minimum atomic E-state index is -0.469. The lowest BCUT2D eigenvalue weighted by Gasteiger charge is -2.38. The Balaban J connectivity index is 2.22. The molecule has 1 N–H and O–H groups in total. The van der Waals surface area contributed by atoms with Crippen molar-refractivity contribution in [3.63, 3.8) is 0 Å². The van der Waals surface area contributed by atoms with Gasteiger partial charge in [-0.05, 0) is 45.7 Å². The first-order valence-corrected chi connectivity index (χ1v) is 7.13. The second kappa shape index (κ2) is 5.74. The zero-order valence-electron chi connectivity index (χ0n) is 12.1. The predicted octanol–water partition coefficient (Wildman–Crippen LogP) is 2.74. The van der Waals surface area contributed by atoms with Gasteiger partial charge in [0.2, 0.25) is 5.91 Å². The van der Waals surface area contributed by atoms with E-state index in [-0.39, 0.29) is 11.9 Å². The topological polar surface area (TPSA) is 32.3 Å². The van der Waals surface area contributed by atoms with E-state index in [9.17, 15) is 4.79 Å². The van der Waals surface area contributed by atoms with Gasteiger partial charge in [0.1, 0.15) is 0 Å². The second-order valence-corrected chi connectivity index (χ2v) is 5.84. The Kier molecular flexibility index (Phi) is 4.25. The number of nitrogens with zero attached hydrogens (tertiary/aromatic N) is 1. The molecule has 0 aliphatic carbocycles. The zero-order valence-corrected chi connectivity index (χ0v) is 12.1. The number of amides is 1. The Bertz CT molecular complexity index is 428. The highest BCUT2D eigenvalue weighted by atomic mass is 16.2. The summed E-state index contributed by atoms with van der Waals surface area (Å²) in [6.45, 7) is 7.84. The number of carbonyl (C=O) groups is 1. The maximum atomic E-state index is 12.7. The van der Waals surface area contributed by atoms with E-state index < -0.39 is 5.54 Å². The molecule has 1 heterocycles. The summed E-state index contributed by atoms with van der Waals surface area (Å²) in [5.74, 6) is 0.198. The summed E-state index contributed by atoms with van der Waals surface area (Å²) in [4.78, 5) is 14.7. The van der Waals surface area contributed by atoms with Crippen LogP contribution < -0.4 is 5.32 Å². The van der Waals surface area contributed by atoms with Crippen molar-refractivity contribution in [1.82, 2.24) is 10.2 Å². The van der Waals surface area contributed by atoms with E-state index >= 15 is 0 Å². The van der Waals surface area contributed by atoms with Crippen molar-refractivity contribution < 1.29 is 4.79 Å². The molecule has 1 aliphatic heterocycles. The van der Waals surface area contributed by atoms with Gasteiger partial charge in [-0.25, -0.2) is 0 Å². The van der Waals surface area contributed by atoms with Crippen molar-refractivity contribution in [3.8, 4) is 0 Å². The van der Waals surface area contributed by atoms with E-state index in [1.54, 1.807) is 0 Å². The van der Waals surface area contributed by atoms with Gasteiger partial charge in [0.15, 0.2) is 0 Å². The van der Waals surface area contributed by atoms with Crippen LogP contribution in [-0.2, 0) is 4.79 Å². The molecule has 1 fully saturated rings.